The molecule has 0 atom stereocenters. The lowest BCUT2D eigenvalue weighted by Crippen LogP contribution is -2.21. The molecular weight excluding hydrogens is 435 g/mol. The molecule has 166 valence electrons. The van der Waals surface area contributed by atoms with Gasteiger partial charge in [-0.15, -0.1) is 0 Å². The summed E-state index contributed by atoms with van der Waals surface area (Å²) in [5.41, 5.74) is 4.77. The summed E-state index contributed by atoms with van der Waals surface area (Å²) in [5, 5.41) is 11.5. The summed E-state index contributed by atoms with van der Waals surface area (Å²) in [7, 11) is 0. The summed E-state index contributed by atoms with van der Waals surface area (Å²) in [4.78, 5) is 17.4. The molecule has 3 aromatic heterocycles. The third-order valence-electron chi connectivity index (χ3n) is 4.40. The summed E-state index contributed by atoms with van der Waals surface area (Å²) in [6.45, 7) is 2.56. The summed E-state index contributed by atoms with van der Waals surface area (Å²) in [6.07, 6.45) is 1.75. The Bertz CT molecular complexity index is 1250. The number of aromatic nitrogens is 4. The zero-order chi connectivity index (χ0) is 23.5. The minimum Gasteiger partial charge on any atom is -0.475 e. The molecule has 0 aliphatic heterocycles. The Hall–Kier alpha value is -3.89. The number of hydrogen-bond donors (Lipinski definition) is 1. The molecule has 0 aliphatic rings. The van der Waals surface area contributed by atoms with Gasteiger partial charge in [0.2, 0.25) is 0 Å². The highest BCUT2D eigenvalue weighted by Gasteiger charge is 2.38. The molecule has 32 heavy (non-hydrogen) atoms. The highest BCUT2D eigenvalue weighted by molar-refractivity contribution is 5.80. The predicted molar refractivity (Wildman–Crippen MR) is 105 cm³/mol. The number of aliphatic carboxylic acids is 1. The van der Waals surface area contributed by atoms with Crippen LogP contribution in [0.2, 0.25) is 0 Å². The highest BCUT2D eigenvalue weighted by Crippen LogP contribution is 2.25. The zero-order valence-electron chi connectivity index (χ0n) is 16.4. The van der Waals surface area contributed by atoms with Gasteiger partial charge < -0.3 is 5.11 Å². The molecule has 0 fully saturated rings. The molecule has 0 spiro atoms. The molecule has 0 radical (unpaired) electrons. The fraction of sp³-hybridized carbons (Fsp3) is 0.143. The Morgan fingerprint density at radius 3 is 2.28 bits per heavy atom. The Balaban J connectivity index is 0.000000360. The van der Waals surface area contributed by atoms with Crippen LogP contribution in [-0.2, 0) is 11.3 Å². The lowest BCUT2D eigenvalue weighted by molar-refractivity contribution is -0.192. The van der Waals surface area contributed by atoms with Crippen LogP contribution in [-0.4, -0.2) is 37.0 Å². The smallest absolute Gasteiger partial charge is 0.475 e. The van der Waals surface area contributed by atoms with E-state index in [1.54, 1.807) is 18.6 Å². The molecule has 1 aromatic carbocycles. The number of pyridine rings is 2. The quantitative estimate of drug-likeness (QED) is 0.455. The van der Waals surface area contributed by atoms with Crippen molar-refractivity contribution in [2.75, 3.05) is 0 Å². The standard InChI is InChI=1S/C19H14F2N4.C2HF3O2/c1-12-2-3-22-8-15(12)11-25-19-6-14(9-23-18(19)10-24-25)13-4-16(20)7-17(21)5-13;3-2(4,5)1(6)7/h2-10H,11H2,1H3;(H,6,7). The van der Waals surface area contributed by atoms with Gasteiger partial charge in [0.05, 0.1) is 18.3 Å². The Labute approximate surface area is 178 Å². The Morgan fingerprint density at radius 2 is 1.69 bits per heavy atom. The van der Waals surface area contributed by atoms with E-state index in [9.17, 15) is 22.0 Å². The van der Waals surface area contributed by atoms with Crippen LogP contribution in [0.15, 0.2) is 55.1 Å². The number of benzene rings is 1. The molecule has 0 amide bonds. The van der Waals surface area contributed by atoms with E-state index in [4.69, 9.17) is 9.90 Å². The van der Waals surface area contributed by atoms with Gasteiger partial charge in [-0.3, -0.25) is 14.6 Å². The lowest BCUT2D eigenvalue weighted by atomic mass is 10.1. The lowest BCUT2D eigenvalue weighted by Gasteiger charge is -2.08. The first kappa shape index (κ1) is 22.8. The first-order chi connectivity index (χ1) is 15.0. The summed E-state index contributed by atoms with van der Waals surface area (Å²) in [6, 6.07) is 7.22. The molecule has 4 rings (SSSR count). The minimum atomic E-state index is -5.08. The van der Waals surface area contributed by atoms with E-state index in [1.165, 1.54) is 12.1 Å². The largest absolute Gasteiger partial charge is 0.490 e. The number of carbonyl (C=O) groups is 1. The number of fused-ring (bicyclic) bond motifs is 1. The van der Waals surface area contributed by atoms with Gasteiger partial charge in [0.15, 0.2) is 0 Å². The SMILES string of the molecule is Cc1ccncc1Cn1ncc2ncc(-c3cc(F)cc(F)c3)cc21.O=C(O)C(F)(F)F. The number of alkyl halides is 3. The van der Waals surface area contributed by atoms with Crippen LogP contribution in [0.5, 0.6) is 0 Å². The normalized spacial score (nSPS) is 11.2. The van der Waals surface area contributed by atoms with Gasteiger partial charge in [-0.2, -0.15) is 18.3 Å². The maximum atomic E-state index is 13.5. The van der Waals surface area contributed by atoms with Crippen molar-refractivity contribution in [2.24, 2.45) is 0 Å². The van der Waals surface area contributed by atoms with Gasteiger partial charge in [-0.05, 0) is 47.9 Å². The van der Waals surface area contributed by atoms with Gasteiger partial charge in [0.25, 0.3) is 0 Å². The van der Waals surface area contributed by atoms with Crippen LogP contribution in [0.25, 0.3) is 22.2 Å². The summed E-state index contributed by atoms with van der Waals surface area (Å²) >= 11 is 0. The third kappa shape index (κ3) is 5.42. The van der Waals surface area contributed by atoms with E-state index in [2.05, 4.69) is 15.1 Å². The van der Waals surface area contributed by atoms with Crippen molar-refractivity contribution in [3.05, 3.63) is 77.9 Å². The molecule has 0 saturated heterocycles. The van der Waals surface area contributed by atoms with Crippen LogP contribution >= 0.6 is 0 Å². The average molecular weight is 450 g/mol. The maximum Gasteiger partial charge on any atom is 0.490 e. The number of halogens is 5. The van der Waals surface area contributed by atoms with Crippen molar-refractivity contribution in [3.63, 3.8) is 0 Å². The van der Waals surface area contributed by atoms with Crippen molar-refractivity contribution in [1.29, 1.82) is 0 Å². The average Bonchev–Trinajstić information content (AvgIpc) is 3.11. The zero-order valence-corrected chi connectivity index (χ0v) is 16.4. The molecule has 0 aliphatic carbocycles. The second-order valence-electron chi connectivity index (χ2n) is 6.69. The first-order valence-electron chi connectivity index (χ1n) is 9.02. The van der Waals surface area contributed by atoms with Crippen molar-refractivity contribution >= 4 is 17.0 Å². The second kappa shape index (κ2) is 9.08. The van der Waals surface area contributed by atoms with Crippen LogP contribution < -0.4 is 0 Å². The van der Waals surface area contributed by atoms with Crippen LogP contribution in [0.1, 0.15) is 11.1 Å². The van der Waals surface area contributed by atoms with E-state index in [-0.39, 0.29) is 0 Å². The summed E-state index contributed by atoms with van der Waals surface area (Å²) < 4.78 is 60.5. The van der Waals surface area contributed by atoms with E-state index in [1.807, 2.05) is 29.9 Å². The minimum absolute atomic E-state index is 0.442. The number of aryl methyl sites for hydroxylation is 1. The summed E-state index contributed by atoms with van der Waals surface area (Å²) in [5.74, 6) is -3.99. The Kier molecular flexibility index (Phi) is 6.47. The van der Waals surface area contributed by atoms with Gasteiger partial charge in [-0.25, -0.2) is 13.6 Å². The maximum absolute atomic E-state index is 13.5. The molecule has 3 heterocycles. The van der Waals surface area contributed by atoms with Crippen molar-refractivity contribution in [3.8, 4) is 11.1 Å². The monoisotopic (exact) mass is 450 g/mol. The number of rotatable bonds is 3. The Morgan fingerprint density at radius 1 is 1.03 bits per heavy atom. The molecular formula is C21H15F5N4O2. The van der Waals surface area contributed by atoms with E-state index >= 15 is 0 Å². The highest BCUT2D eigenvalue weighted by atomic mass is 19.4. The van der Waals surface area contributed by atoms with Gasteiger partial charge in [0, 0.05) is 30.2 Å². The van der Waals surface area contributed by atoms with Crippen molar-refractivity contribution in [2.45, 2.75) is 19.6 Å². The molecule has 4 aromatic rings. The number of nitrogens with zero attached hydrogens (tertiary/aromatic N) is 4. The molecule has 0 bridgehead atoms. The van der Waals surface area contributed by atoms with Gasteiger partial charge >= 0.3 is 12.1 Å². The fourth-order valence-corrected chi connectivity index (χ4v) is 2.78. The molecule has 0 unspecified atom stereocenters. The molecule has 0 saturated carbocycles. The third-order valence-corrected chi connectivity index (χ3v) is 4.40. The number of carboxylic acid groups (broad SMARTS) is 1. The van der Waals surface area contributed by atoms with Gasteiger partial charge in [0.1, 0.15) is 17.2 Å². The van der Waals surface area contributed by atoms with Crippen LogP contribution in [0.4, 0.5) is 22.0 Å². The van der Waals surface area contributed by atoms with Crippen molar-refractivity contribution in [1.82, 2.24) is 19.7 Å². The molecule has 11 heteroatoms. The molecule has 1 N–H and O–H groups in total. The van der Waals surface area contributed by atoms with Crippen LogP contribution in [0.3, 0.4) is 0 Å². The number of hydrogen-bond acceptors (Lipinski definition) is 4. The predicted octanol–water partition coefficient (Wildman–Crippen LogP) is 4.76. The van der Waals surface area contributed by atoms with E-state index in [0.717, 1.165) is 28.2 Å². The fourth-order valence-electron chi connectivity index (χ4n) is 2.78. The van der Waals surface area contributed by atoms with Crippen molar-refractivity contribution < 1.29 is 31.9 Å². The number of carboxylic acids is 1. The van der Waals surface area contributed by atoms with E-state index in [0.29, 0.717) is 17.7 Å². The molecule has 6 nitrogen and oxygen atoms in total. The topological polar surface area (TPSA) is 80.9 Å². The van der Waals surface area contributed by atoms with E-state index < -0.39 is 23.8 Å². The first-order valence-corrected chi connectivity index (χ1v) is 9.02. The van der Waals surface area contributed by atoms with Crippen LogP contribution in [0, 0.1) is 18.6 Å². The van der Waals surface area contributed by atoms with Gasteiger partial charge in [-0.1, -0.05) is 0 Å². The second-order valence-corrected chi connectivity index (χ2v) is 6.69.